The third kappa shape index (κ3) is 2.18. The number of hydrogen-bond acceptors (Lipinski definition) is 3. The molecule has 2 fully saturated rings. The van der Waals surface area contributed by atoms with E-state index in [0.717, 1.165) is 5.46 Å². The van der Waals surface area contributed by atoms with Gasteiger partial charge in [0.05, 0.1) is 11.2 Å². The Morgan fingerprint density at radius 2 is 1.80 bits per heavy atom. The Balaban J connectivity index is 1.99. The third-order valence-electron chi connectivity index (χ3n) is 5.01. The molecule has 108 valence electrons. The van der Waals surface area contributed by atoms with Gasteiger partial charge in [-0.15, -0.1) is 0 Å². The third-order valence-corrected chi connectivity index (χ3v) is 5.31. The van der Waals surface area contributed by atoms with E-state index in [-0.39, 0.29) is 11.2 Å². The minimum Gasteiger partial charge on any atom is -0.399 e. The highest BCUT2D eigenvalue weighted by atomic mass is 35.5. The van der Waals surface area contributed by atoms with E-state index in [0.29, 0.717) is 11.1 Å². The number of nitrogens with zero attached hydrogens (tertiary/aromatic N) is 1. The Morgan fingerprint density at radius 1 is 1.20 bits per heavy atom. The van der Waals surface area contributed by atoms with Crippen LogP contribution in [0.3, 0.4) is 0 Å². The average molecular weight is 294 g/mol. The van der Waals surface area contributed by atoms with Gasteiger partial charge >= 0.3 is 7.12 Å². The monoisotopic (exact) mass is 293 g/mol. The van der Waals surface area contributed by atoms with Crippen molar-refractivity contribution < 1.29 is 9.31 Å². The van der Waals surface area contributed by atoms with Gasteiger partial charge in [0.25, 0.3) is 0 Å². The van der Waals surface area contributed by atoms with Gasteiger partial charge in [0.2, 0.25) is 0 Å². The zero-order valence-corrected chi connectivity index (χ0v) is 13.3. The first-order valence-electron chi connectivity index (χ1n) is 7.32. The summed E-state index contributed by atoms with van der Waals surface area (Å²) < 4.78 is 12.3. The second kappa shape index (κ2) is 4.72. The van der Waals surface area contributed by atoms with Gasteiger partial charge in [0, 0.05) is 11.7 Å². The lowest BCUT2D eigenvalue weighted by Crippen LogP contribution is -2.41. The summed E-state index contributed by atoms with van der Waals surface area (Å²) in [6, 6.07) is 2.07. The normalized spacial score (nSPS) is 24.8. The smallest absolute Gasteiger partial charge is 0.399 e. The maximum atomic E-state index is 6.35. The molecular weight excluding hydrogens is 272 g/mol. The molecule has 1 aliphatic heterocycles. The summed E-state index contributed by atoms with van der Waals surface area (Å²) in [6.45, 7) is 8.22. The van der Waals surface area contributed by atoms with Gasteiger partial charge in [0.15, 0.2) is 0 Å². The van der Waals surface area contributed by atoms with Crippen LogP contribution in [0, 0.1) is 0 Å². The molecule has 1 aliphatic carbocycles. The second-order valence-electron chi connectivity index (χ2n) is 6.82. The van der Waals surface area contributed by atoms with Gasteiger partial charge in [-0.1, -0.05) is 18.0 Å². The maximum absolute atomic E-state index is 6.35. The highest BCUT2D eigenvalue weighted by Crippen LogP contribution is 2.40. The molecule has 2 aliphatic rings. The van der Waals surface area contributed by atoms with Gasteiger partial charge in [-0.25, -0.2) is 4.98 Å². The van der Waals surface area contributed by atoms with Crippen LogP contribution < -0.4 is 5.46 Å². The van der Waals surface area contributed by atoms with E-state index in [1.54, 1.807) is 6.20 Å². The summed E-state index contributed by atoms with van der Waals surface area (Å²) >= 11 is 6.35. The molecule has 20 heavy (non-hydrogen) atoms. The van der Waals surface area contributed by atoms with Crippen molar-refractivity contribution in [2.75, 3.05) is 0 Å². The van der Waals surface area contributed by atoms with Crippen LogP contribution in [-0.2, 0) is 9.31 Å². The summed E-state index contributed by atoms with van der Waals surface area (Å²) in [6.07, 6.45) is 5.50. The first-order valence-corrected chi connectivity index (χ1v) is 7.69. The lowest BCUT2D eigenvalue weighted by Gasteiger charge is -2.32. The van der Waals surface area contributed by atoms with Gasteiger partial charge in [-0.2, -0.15) is 0 Å². The van der Waals surface area contributed by atoms with Gasteiger partial charge in [0.1, 0.15) is 5.15 Å². The van der Waals surface area contributed by atoms with Crippen molar-refractivity contribution in [1.29, 1.82) is 0 Å². The molecule has 5 heteroatoms. The zero-order valence-electron chi connectivity index (χ0n) is 12.6. The number of aromatic nitrogens is 1. The van der Waals surface area contributed by atoms with E-state index in [2.05, 4.69) is 38.7 Å². The maximum Gasteiger partial charge on any atom is 0.498 e. The van der Waals surface area contributed by atoms with Crippen molar-refractivity contribution in [1.82, 2.24) is 4.98 Å². The molecule has 2 heterocycles. The predicted octanol–water partition coefficient (Wildman–Crippen LogP) is 3.30. The summed E-state index contributed by atoms with van der Waals surface area (Å²) in [5.74, 6) is 0.574. The van der Waals surface area contributed by atoms with Crippen LogP contribution in [-0.4, -0.2) is 23.3 Å². The predicted molar refractivity (Wildman–Crippen MR) is 81.6 cm³/mol. The van der Waals surface area contributed by atoms with Crippen LogP contribution in [0.5, 0.6) is 0 Å². The fraction of sp³-hybridized carbons (Fsp3) is 0.667. The van der Waals surface area contributed by atoms with Crippen LogP contribution in [0.4, 0.5) is 0 Å². The molecule has 0 aromatic carbocycles. The zero-order chi connectivity index (χ0) is 14.5. The Hall–Kier alpha value is -0.575. The van der Waals surface area contributed by atoms with E-state index >= 15 is 0 Å². The van der Waals surface area contributed by atoms with Crippen LogP contribution in [0.1, 0.15) is 58.4 Å². The van der Waals surface area contributed by atoms with Crippen LogP contribution in [0.2, 0.25) is 5.15 Å². The van der Waals surface area contributed by atoms with Crippen molar-refractivity contribution in [3.63, 3.8) is 0 Å². The summed E-state index contributed by atoms with van der Waals surface area (Å²) in [4.78, 5) is 4.23. The van der Waals surface area contributed by atoms with E-state index in [4.69, 9.17) is 20.9 Å². The molecule has 0 spiro atoms. The van der Waals surface area contributed by atoms with Crippen LogP contribution in [0.15, 0.2) is 12.3 Å². The van der Waals surface area contributed by atoms with E-state index in [1.807, 2.05) is 0 Å². The topological polar surface area (TPSA) is 31.4 Å². The number of pyridine rings is 1. The SMILES string of the molecule is CC1(C)OB(c2c(C3CCC3)ccnc2Cl)OC1(C)C. The minimum atomic E-state index is -0.420. The van der Waals surface area contributed by atoms with Crippen molar-refractivity contribution >= 4 is 24.2 Å². The molecule has 1 saturated heterocycles. The molecule has 1 aromatic heterocycles. The largest absolute Gasteiger partial charge is 0.498 e. The fourth-order valence-electron chi connectivity index (χ4n) is 2.73. The van der Waals surface area contributed by atoms with Gasteiger partial charge in [-0.3, -0.25) is 0 Å². The Kier molecular flexibility index (Phi) is 3.39. The summed E-state index contributed by atoms with van der Waals surface area (Å²) in [5, 5.41) is 0.507. The molecule has 0 atom stereocenters. The summed E-state index contributed by atoms with van der Waals surface area (Å²) in [5.41, 5.74) is 1.47. The molecule has 3 rings (SSSR count). The van der Waals surface area contributed by atoms with E-state index in [1.165, 1.54) is 24.8 Å². The van der Waals surface area contributed by atoms with Gasteiger partial charge < -0.3 is 9.31 Å². The lowest BCUT2D eigenvalue weighted by atomic mass is 9.69. The highest BCUT2D eigenvalue weighted by molar-refractivity contribution is 6.66. The molecule has 0 N–H and O–H groups in total. The summed E-state index contributed by atoms with van der Waals surface area (Å²) in [7, 11) is -0.420. The van der Waals surface area contributed by atoms with Crippen LogP contribution >= 0.6 is 11.6 Å². The molecular formula is C15H21BClNO2. The number of halogens is 1. The molecule has 1 saturated carbocycles. The Morgan fingerprint density at radius 3 is 2.30 bits per heavy atom. The standard InChI is InChI=1S/C15H21BClNO2/c1-14(2)15(3,4)20-16(19-14)12-11(10-6-5-7-10)8-9-18-13(12)17/h8-10H,5-7H2,1-4H3. The molecule has 0 amide bonds. The van der Waals surface area contributed by atoms with Crippen molar-refractivity contribution in [2.24, 2.45) is 0 Å². The highest BCUT2D eigenvalue weighted by Gasteiger charge is 2.53. The van der Waals surface area contributed by atoms with Crippen molar-refractivity contribution in [3.8, 4) is 0 Å². The minimum absolute atomic E-state index is 0.353. The lowest BCUT2D eigenvalue weighted by molar-refractivity contribution is 0.00578. The fourth-order valence-corrected chi connectivity index (χ4v) is 2.99. The Labute approximate surface area is 126 Å². The molecule has 0 unspecified atom stereocenters. The Bertz CT molecular complexity index is 513. The molecule has 0 radical (unpaired) electrons. The van der Waals surface area contributed by atoms with E-state index in [9.17, 15) is 0 Å². The molecule has 1 aromatic rings. The number of rotatable bonds is 2. The quantitative estimate of drug-likeness (QED) is 0.619. The first kappa shape index (κ1) is 14.4. The molecule has 3 nitrogen and oxygen atoms in total. The number of hydrogen-bond donors (Lipinski definition) is 0. The van der Waals surface area contributed by atoms with E-state index < -0.39 is 7.12 Å². The van der Waals surface area contributed by atoms with Crippen LogP contribution in [0.25, 0.3) is 0 Å². The first-order chi connectivity index (χ1) is 9.32. The van der Waals surface area contributed by atoms with Gasteiger partial charge in [-0.05, 0) is 58.1 Å². The van der Waals surface area contributed by atoms with Crippen molar-refractivity contribution in [2.45, 2.75) is 64.1 Å². The van der Waals surface area contributed by atoms with Crippen molar-refractivity contribution in [3.05, 3.63) is 23.0 Å². The molecule has 0 bridgehead atoms. The second-order valence-corrected chi connectivity index (χ2v) is 7.18. The average Bonchev–Trinajstić information content (AvgIpc) is 2.45.